The van der Waals surface area contributed by atoms with Crippen LogP contribution < -0.4 is 5.32 Å². The molecular weight excluding hydrogens is 703 g/mol. The second kappa shape index (κ2) is 31.5. The summed E-state index contributed by atoms with van der Waals surface area (Å²) in [6, 6.07) is 5.24. The molecule has 0 unspecified atom stereocenters. The summed E-state index contributed by atoms with van der Waals surface area (Å²) in [5.74, 6) is 2.89. The number of morpholine rings is 1. The van der Waals surface area contributed by atoms with E-state index in [4.69, 9.17) is 4.74 Å². The smallest absolute Gasteiger partial charge is 0.0594 e. The maximum atomic E-state index is 5.21. The fourth-order valence-electron chi connectivity index (χ4n) is 8.49. The first-order valence-corrected chi connectivity index (χ1v) is 24.6. The molecule has 8 nitrogen and oxygen atoms in total. The van der Waals surface area contributed by atoms with Gasteiger partial charge in [-0.05, 0) is 212 Å². The summed E-state index contributed by atoms with van der Waals surface area (Å²) < 4.78 is 5.21. The van der Waals surface area contributed by atoms with Crippen LogP contribution in [0.3, 0.4) is 0 Å². The molecular formula is C49H105N7O. The first kappa shape index (κ1) is 54.7. The third-order valence-electron chi connectivity index (χ3n) is 13.5. The van der Waals surface area contributed by atoms with Gasteiger partial charge >= 0.3 is 0 Å². The highest BCUT2D eigenvalue weighted by Gasteiger charge is 2.24. The summed E-state index contributed by atoms with van der Waals surface area (Å²) in [6.45, 7) is 51.4. The van der Waals surface area contributed by atoms with E-state index in [1.54, 1.807) is 0 Å². The summed E-state index contributed by atoms with van der Waals surface area (Å²) in [5, 5.41) is 3.34. The second-order valence-electron chi connectivity index (χ2n) is 20.4. The van der Waals surface area contributed by atoms with E-state index in [9.17, 15) is 0 Å². The molecule has 0 radical (unpaired) electrons. The number of hydrogen-bond donors (Lipinski definition) is 1. The van der Waals surface area contributed by atoms with Gasteiger partial charge in [0.15, 0.2) is 0 Å². The maximum Gasteiger partial charge on any atom is 0.0594 e. The van der Waals surface area contributed by atoms with Crippen molar-refractivity contribution in [3.8, 4) is 0 Å². The van der Waals surface area contributed by atoms with Gasteiger partial charge in [0.05, 0.1) is 13.2 Å². The molecule has 6 rings (SSSR count). The average molecular weight is 808 g/mol. The molecule has 0 spiro atoms. The predicted octanol–water partition coefficient (Wildman–Crippen LogP) is 9.29. The molecule has 0 aromatic heterocycles. The molecule has 0 aromatic rings. The third kappa shape index (κ3) is 25.3. The highest BCUT2D eigenvalue weighted by atomic mass is 16.5. The van der Waals surface area contributed by atoms with Crippen LogP contribution in [0.15, 0.2) is 0 Å². The van der Waals surface area contributed by atoms with Crippen LogP contribution in [0.2, 0.25) is 0 Å². The first-order valence-electron chi connectivity index (χ1n) is 24.6. The SMILES string of the molecule is CC(C)N1CCCCC1.CC(C)N1CCOCC1.CC1CCN(C(C)C)CC1.CC1CCN(C(C)C)CC1.CC1CN(C(C)C)C1.CNC1CCN(C(C)C)CC1. The van der Waals surface area contributed by atoms with E-state index in [-0.39, 0.29) is 0 Å². The molecule has 8 heteroatoms. The number of rotatable bonds is 7. The standard InChI is InChI=1S/C9H20N2.2C9H19N.C8H17N.C7H15NO.C7H15N/c1-8(2)11-6-4-9(10-3)5-7-11;2*1-8(2)10-6-4-9(3)5-7-10;1-8(2)9-6-4-3-5-7-9;1-7(2)8-3-5-9-6-4-8;1-6(2)8-4-7(3)5-8/h8-10H,4-7H2,1-3H3;2*8-9H,4-7H2,1-3H3;8H,3-7H2,1-2H3;7H,3-6H2,1-2H3;6-7H,4-5H2,1-3H3. The van der Waals surface area contributed by atoms with Gasteiger partial charge in [-0.3, -0.25) is 4.90 Å². The number of ether oxygens (including phenoxy) is 1. The third-order valence-corrected chi connectivity index (χ3v) is 13.5. The predicted molar refractivity (Wildman–Crippen MR) is 253 cm³/mol. The number of hydrogen-bond acceptors (Lipinski definition) is 8. The van der Waals surface area contributed by atoms with Crippen LogP contribution in [0.25, 0.3) is 0 Å². The van der Waals surface area contributed by atoms with Crippen LogP contribution in [0.1, 0.15) is 162 Å². The zero-order valence-corrected chi connectivity index (χ0v) is 41.6. The highest BCUT2D eigenvalue weighted by molar-refractivity contribution is 4.79. The molecule has 0 atom stereocenters. The lowest BCUT2D eigenvalue weighted by atomic mass is 9.98. The summed E-state index contributed by atoms with van der Waals surface area (Å²) in [4.78, 5) is 15.2. The summed E-state index contributed by atoms with van der Waals surface area (Å²) in [7, 11) is 2.07. The number of likely N-dealkylation sites (tertiary alicyclic amines) is 5. The fraction of sp³-hybridized carbons (Fsp3) is 1.00. The van der Waals surface area contributed by atoms with Crippen molar-refractivity contribution in [1.29, 1.82) is 0 Å². The van der Waals surface area contributed by atoms with Crippen LogP contribution in [0.4, 0.5) is 0 Å². The number of nitrogens with one attached hydrogen (secondary N) is 1. The van der Waals surface area contributed by atoms with Crippen molar-refractivity contribution in [2.24, 2.45) is 17.8 Å². The van der Waals surface area contributed by atoms with Crippen molar-refractivity contribution in [3.63, 3.8) is 0 Å². The molecule has 6 aliphatic heterocycles. The second-order valence-corrected chi connectivity index (χ2v) is 20.4. The van der Waals surface area contributed by atoms with Crippen LogP contribution in [0, 0.1) is 17.8 Å². The van der Waals surface area contributed by atoms with Gasteiger partial charge in [-0.1, -0.05) is 27.2 Å². The van der Waals surface area contributed by atoms with Gasteiger partial charge in [-0.15, -0.1) is 0 Å². The summed E-state index contributed by atoms with van der Waals surface area (Å²) in [5.41, 5.74) is 0. The molecule has 6 aliphatic rings. The van der Waals surface area contributed by atoms with Crippen molar-refractivity contribution >= 4 is 0 Å². The Morgan fingerprint density at radius 1 is 0.368 bits per heavy atom. The molecule has 6 fully saturated rings. The minimum absolute atomic E-state index is 0.689. The van der Waals surface area contributed by atoms with Gasteiger partial charge in [-0.25, -0.2) is 0 Å². The van der Waals surface area contributed by atoms with Gasteiger partial charge in [0.1, 0.15) is 0 Å². The van der Waals surface area contributed by atoms with E-state index in [0.717, 1.165) is 80.3 Å². The molecule has 6 saturated heterocycles. The summed E-state index contributed by atoms with van der Waals surface area (Å²) in [6.07, 6.45) is 12.5. The average Bonchev–Trinajstić information content (AvgIpc) is 3.19. The van der Waals surface area contributed by atoms with E-state index < -0.39 is 0 Å². The van der Waals surface area contributed by atoms with Crippen molar-refractivity contribution in [3.05, 3.63) is 0 Å². The van der Waals surface area contributed by atoms with Gasteiger partial charge in [0.25, 0.3) is 0 Å². The first-order chi connectivity index (χ1) is 26.9. The molecule has 0 bridgehead atoms. The molecule has 0 aromatic carbocycles. The minimum Gasteiger partial charge on any atom is -0.379 e. The fourth-order valence-corrected chi connectivity index (χ4v) is 8.49. The van der Waals surface area contributed by atoms with Crippen molar-refractivity contribution in [2.45, 2.75) is 204 Å². The van der Waals surface area contributed by atoms with Gasteiger partial charge < -0.3 is 34.6 Å². The Kier molecular flexibility index (Phi) is 30.2. The lowest BCUT2D eigenvalue weighted by Gasteiger charge is -2.40. The van der Waals surface area contributed by atoms with Crippen LogP contribution in [-0.2, 0) is 4.74 Å². The Bertz CT molecular complexity index is 839. The Morgan fingerprint density at radius 3 is 0.912 bits per heavy atom. The molecule has 0 saturated carbocycles. The Labute approximate surface area is 358 Å². The quantitative estimate of drug-likeness (QED) is 0.273. The Morgan fingerprint density at radius 2 is 0.667 bits per heavy atom. The lowest BCUT2D eigenvalue weighted by Crippen LogP contribution is -2.48. The molecule has 57 heavy (non-hydrogen) atoms. The minimum atomic E-state index is 0.689. The molecule has 342 valence electrons. The van der Waals surface area contributed by atoms with Crippen LogP contribution in [0.5, 0.6) is 0 Å². The zero-order chi connectivity index (χ0) is 42.9. The van der Waals surface area contributed by atoms with Crippen molar-refractivity contribution < 1.29 is 4.74 Å². The van der Waals surface area contributed by atoms with E-state index in [2.05, 4.69) is 146 Å². The zero-order valence-electron chi connectivity index (χ0n) is 41.6. The summed E-state index contributed by atoms with van der Waals surface area (Å²) >= 11 is 0. The van der Waals surface area contributed by atoms with Gasteiger partial charge in [0, 0.05) is 68.5 Å². The number of piperidine rings is 4. The molecule has 1 N–H and O–H groups in total. The topological polar surface area (TPSA) is 40.7 Å². The number of nitrogens with zero attached hydrogens (tertiary/aromatic N) is 6. The van der Waals surface area contributed by atoms with E-state index >= 15 is 0 Å². The molecule has 0 amide bonds. The molecule has 0 aliphatic carbocycles. The Hall–Kier alpha value is -0.320. The van der Waals surface area contributed by atoms with Gasteiger partial charge in [0.2, 0.25) is 0 Å². The van der Waals surface area contributed by atoms with E-state index in [1.165, 1.54) is 123 Å². The van der Waals surface area contributed by atoms with Crippen molar-refractivity contribution in [2.75, 3.05) is 98.8 Å². The Balaban J connectivity index is 0.000000343. The monoisotopic (exact) mass is 808 g/mol. The normalized spacial score (nSPS) is 23.5. The lowest BCUT2D eigenvalue weighted by molar-refractivity contribution is 0.0238. The molecule has 6 heterocycles. The van der Waals surface area contributed by atoms with Crippen molar-refractivity contribution in [1.82, 2.24) is 34.7 Å². The largest absolute Gasteiger partial charge is 0.379 e. The van der Waals surface area contributed by atoms with E-state index in [1.807, 2.05) is 0 Å². The van der Waals surface area contributed by atoms with Crippen LogP contribution >= 0.6 is 0 Å². The van der Waals surface area contributed by atoms with Gasteiger partial charge in [-0.2, -0.15) is 0 Å². The van der Waals surface area contributed by atoms with Crippen LogP contribution in [-0.4, -0.2) is 170 Å². The highest BCUT2D eigenvalue weighted by Crippen LogP contribution is 2.19. The van der Waals surface area contributed by atoms with E-state index in [0.29, 0.717) is 6.04 Å². The maximum absolute atomic E-state index is 5.21.